The quantitative estimate of drug-likeness (QED) is 0.834. The third kappa shape index (κ3) is 2.97. The van der Waals surface area contributed by atoms with Crippen LogP contribution < -0.4 is 10.6 Å². The summed E-state index contributed by atoms with van der Waals surface area (Å²) in [4.78, 5) is 22.9. The Kier molecular flexibility index (Phi) is 3.93. The number of aromatic nitrogens is 1. The van der Waals surface area contributed by atoms with Crippen LogP contribution in [0.4, 0.5) is 0 Å². The lowest BCUT2D eigenvalue weighted by atomic mass is 10.1. The lowest BCUT2D eigenvalue weighted by molar-refractivity contribution is -0.125. The molecule has 1 aromatic rings. The second-order valence-electron chi connectivity index (χ2n) is 5.16. The monoisotopic (exact) mass is 263 g/mol. The Morgan fingerprint density at radius 2 is 2.26 bits per heavy atom. The molecule has 1 aliphatic rings. The molecule has 1 atom stereocenters. The van der Waals surface area contributed by atoms with Crippen LogP contribution in [0.25, 0.3) is 0 Å². The summed E-state index contributed by atoms with van der Waals surface area (Å²) in [5.74, 6) is -0.106. The van der Waals surface area contributed by atoms with Gasteiger partial charge in [0.05, 0.1) is 0 Å². The van der Waals surface area contributed by atoms with Gasteiger partial charge in [0, 0.05) is 31.4 Å². The molecule has 2 amide bonds. The summed E-state index contributed by atoms with van der Waals surface area (Å²) in [5, 5.41) is 5.56. The summed E-state index contributed by atoms with van der Waals surface area (Å²) in [5.41, 5.74) is 3.72. The predicted octanol–water partition coefficient (Wildman–Crippen LogP) is 0.579. The number of rotatable bonds is 4. The SMILES string of the molecule is Cc1cc(CCNC(=O)C2CCC(=O)N2)c(C)n1C. The minimum absolute atomic E-state index is 0.0327. The first-order valence-electron chi connectivity index (χ1n) is 6.68. The maximum absolute atomic E-state index is 11.8. The van der Waals surface area contributed by atoms with Crippen molar-refractivity contribution >= 4 is 11.8 Å². The van der Waals surface area contributed by atoms with Gasteiger partial charge in [-0.3, -0.25) is 9.59 Å². The fourth-order valence-corrected chi connectivity index (χ4v) is 2.44. The van der Waals surface area contributed by atoms with E-state index < -0.39 is 0 Å². The Labute approximate surface area is 113 Å². The first-order chi connectivity index (χ1) is 8.99. The molecule has 104 valence electrons. The van der Waals surface area contributed by atoms with E-state index in [0.717, 1.165) is 6.42 Å². The van der Waals surface area contributed by atoms with Crippen LogP contribution in [0, 0.1) is 13.8 Å². The summed E-state index contributed by atoms with van der Waals surface area (Å²) in [6.07, 6.45) is 1.88. The van der Waals surface area contributed by atoms with Crippen molar-refractivity contribution in [2.45, 2.75) is 39.2 Å². The Morgan fingerprint density at radius 3 is 2.79 bits per heavy atom. The Morgan fingerprint density at radius 1 is 1.53 bits per heavy atom. The molecule has 5 heteroatoms. The summed E-state index contributed by atoms with van der Waals surface area (Å²) in [6.45, 7) is 4.76. The fraction of sp³-hybridized carbons (Fsp3) is 0.571. The van der Waals surface area contributed by atoms with E-state index in [0.29, 0.717) is 19.4 Å². The average molecular weight is 263 g/mol. The van der Waals surface area contributed by atoms with Gasteiger partial charge in [-0.25, -0.2) is 0 Å². The molecule has 2 heterocycles. The third-order valence-corrected chi connectivity index (χ3v) is 3.89. The van der Waals surface area contributed by atoms with E-state index in [2.05, 4.69) is 35.1 Å². The van der Waals surface area contributed by atoms with Gasteiger partial charge < -0.3 is 15.2 Å². The molecular formula is C14H21N3O2. The molecule has 0 aliphatic carbocycles. The first kappa shape index (κ1) is 13.6. The molecule has 0 spiro atoms. The van der Waals surface area contributed by atoms with Gasteiger partial charge in [-0.1, -0.05) is 0 Å². The number of amides is 2. The van der Waals surface area contributed by atoms with E-state index >= 15 is 0 Å². The van der Waals surface area contributed by atoms with Crippen LogP contribution in [-0.2, 0) is 23.1 Å². The zero-order chi connectivity index (χ0) is 14.0. The minimum Gasteiger partial charge on any atom is -0.354 e. The van der Waals surface area contributed by atoms with Crippen molar-refractivity contribution in [3.05, 3.63) is 23.0 Å². The third-order valence-electron chi connectivity index (χ3n) is 3.89. The van der Waals surface area contributed by atoms with Gasteiger partial charge in [0.25, 0.3) is 0 Å². The minimum atomic E-state index is -0.342. The van der Waals surface area contributed by atoms with Crippen molar-refractivity contribution < 1.29 is 9.59 Å². The molecule has 0 radical (unpaired) electrons. The molecule has 1 unspecified atom stereocenters. The van der Waals surface area contributed by atoms with Gasteiger partial charge in [0.1, 0.15) is 6.04 Å². The van der Waals surface area contributed by atoms with Crippen LogP contribution in [0.15, 0.2) is 6.07 Å². The number of carbonyl (C=O) groups excluding carboxylic acids is 2. The number of hydrogen-bond donors (Lipinski definition) is 2. The molecular weight excluding hydrogens is 242 g/mol. The summed E-state index contributed by atoms with van der Waals surface area (Å²) in [6, 6.07) is 1.81. The van der Waals surface area contributed by atoms with Gasteiger partial charge >= 0.3 is 0 Å². The van der Waals surface area contributed by atoms with E-state index in [1.54, 1.807) is 0 Å². The first-order valence-corrected chi connectivity index (χ1v) is 6.68. The topological polar surface area (TPSA) is 63.1 Å². The maximum atomic E-state index is 11.8. The van der Waals surface area contributed by atoms with Gasteiger partial charge in [0.15, 0.2) is 0 Å². The number of hydrogen-bond acceptors (Lipinski definition) is 2. The highest BCUT2D eigenvalue weighted by atomic mass is 16.2. The second-order valence-corrected chi connectivity index (χ2v) is 5.16. The average Bonchev–Trinajstić information content (AvgIpc) is 2.90. The molecule has 2 rings (SSSR count). The van der Waals surface area contributed by atoms with Crippen molar-refractivity contribution in [1.29, 1.82) is 0 Å². The highest BCUT2D eigenvalue weighted by molar-refractivity contribution is 5.90. The van der Waals surface area contributed by atoms with Crippen molar-refractivity contribution in [3.63, 3.8) is 0 Å². The van der Waals surface area contributed by atoms with Gasteiger partial charge in [-0.15, -0.1) is 0 Å². The van der Waals surface area contributed by atoms with Crippen LogP contribution in [0.5, 0.6) is 0 Å². The zero-order valence-electron chi connectivity index (χ0n) is 11.7. The molecule has 19 heavy (non-hydrogen) atoms. The highest BCUT2D eigenvalue weighted by Gasteiger charge is 2.26. The van der Waals surface area contributed by atoms with Crippen LogP contribution in [-0.4, -0.2) is 29.0 Å². The summed E-state index contributed by atoms with van der Waals surface area (Å²) in [7, 11) is 2.04. The van der Waals surface area contributed by atoms with Gasteiger partial charge in [-0.05, 0) is 38.3 Å². The van der Waals surface area contributed by atoms with Crippen molar-refractivity contribution in [1.82, 2.24) is 15.2 Å². The maximum Gasteiger partial charge on any atom is 0.242 e. The van der Waals surface area contributed by atoms with E-state index in [-0.39, 0.29) is 17.9 Å². The van der Waals surface area contributed by atoms with E-state index in [9.17, 15) is 9.59 Å². The van der Waals surface area contributed by atoms with E-state index in [4.69, 9.17) is 0 Å². The predicted molar refractivity (Wildman–Crippen MR) is 72.8 cm³/mol. The lowest BCUT2D eigenvalue weighted by Crippen LogP contribution is -2.42. The number of nitrogens with one attached hydrogen (secondary N) is 2. The van der Waals surface area contributed by atoms with Crippen molar-refractivity contribution in [2.75, 3.05) is 6.54 Å². The number of carbonyl (C=O) groups is 2. The number of aryl methyl sites for hydroxylation is 1. The molecule has 0 saturated carbocycles. The second kappa shape index (κ2) is 5.47. The molecule has 1 saturated heterocycles. The van der Waals surface area contributed by atoms with E-state index in [1.807, 2.05) is 7.05 Å². The Bertz CT molecular complexity index is 505. The Balaban J connectivity index is 1.81. The van der Waals surface area contributed by atoms with Gasteiger partial charge in [0.2, 0.25) is 11.8 Å². The highest BCUT2D eigenvalue weighted by Crippen LogP contribution is 2.13. The normalized spacial score (nSPS) is 18.5. The molecule has 1 fully saturated rings. The molecule has 2 N–H and O–H groups in total. The van der Waals surface area contributed by atoms with Crippen LogP contribution >= 0.6 is 0 Å². The van der Waals surface area contributed by atoms with Gasteiger partial charge in [-0.2, -0.15) is 0 Å². The number of nitrogens with zero attached hydrogens (tertiary/aromatic N) is 1. The fourth-order valence-electron chi connectivity index (χ4n) is 2.44. The molecule has 5 nitrogen and oxygen atoms in total. The standard InChI is InChI=1S/C14H21N3O2/c1-9-8-11(10(2)17(9)3)6-7-15-14(19)12-4-5-13(18)16-12/h8,12H,4-7H2,1-3H3,(H,15,19)(H,16,18). The Hall–Kier alpha value is -1.78. The molecule has 0 aromatic carbocycles. The molecule has 0 bridgehead atoms. The van der Waals surface area contributed by atoms with Crippen molar-refractivity contribution in [2.24, 2.45) is 7.05 Å². The van der Waals surface area contributed by atoms with E-state index in [1.165, 1.54) is 17.0 Å². The summed E-state index contributed by atoms with van der Waals surface area (Å²) >= 11 is 0. The van der Waals surface area contributed by atoms with Crippen molar-refractivity contribution in [3.8, 4) is 0 Å². The van der Waals surface area contributed by atoms with Crippen LogP contribution in [0.1, 0.15) is 29.8 Å². The largest absolute Gasteiger partial charge is 0.354 e. The van der Waals surface area contributed by atoms with Crippen LogP contribution in [0.2, 0.25) is 0 Å². The molecule has 1 aliphatic heterocycles. The zero-order valence-corrected chi connectivity index (χ0v) is 11.7. The lowest BCUT2D eigenvalue weighted by Gasteiger charge is -2.10. The summed E-state index contributed by atoms with van der Waals surface area (Å²) < 4.78 is 2.15. The smallest absolute Gasteiger partial charge is 0.242 e. The van der Waals surface area contributed by atoms with Crippen LogP contribution in [0.3, 0.4) is 0 Å². The molecule has 1 aromatic heterocycles.